The first-order chi connectivity index (χ1) is 7.38. The zero-order valence-corrected chi connectivity index (χ0v) is 11.0. The van der Waals surface area contributed by atoms with Crippen LogP contribution in [0.3, 0.4) is 0 Å². The van der Waals surface area contributed by atoms with E-state index in [1.807, 2.05) is 33.8 Å². The Morgan fingerprint density at radius 2 is 1.88 bits per heavy atom. The number of nitrogens with zero attached hydrogens (tertiary/aromatic N) is 2. The Hall–Kier alpha value is -0.280. The smallest absolute Gasteiger partial charge is 0.250 e. The normalized spacial score (nSPS) is 15.5. The molecule has 94 valence electrons. The van der Waals surface area contributed by atoms with Gasteiger partial charge in [0.2, 0.25) is 8.53 Å². The average molecular weight is 249 g/mol. The van der Waals surface area contributed by atoms with Crippen molar-refractivity contribution in [1.29, 1.82) is 5.26 Å². The van der Waals surface area contributed by atoms with Crippen molar-refractivity contribution in [3.63, 3.8) is 0 Å². The molecule has 0 bridgehead atoms. The lowest BCUT2D eigenvalue weighted by Gasteiger charge is -2.31. The first-order valence-corrected chi connectivity index (χ1v) is 6.38. The number of hydrogen-bond donors (Lipinski definition) is 2. The van der Waals surface area contributed by atoms with Gasteiger partial charge in [-0.2, -0.15) is 10.3 Å². The van der Waals surface area contributed by atoms with Gasteiger partial charge in [0.15, 0.2) is 6.10 Å². The monoisotopic (exact) mass is 249 g/mol. The molecule has 0 saturated carbocycles. The summed E-state index contributed by atoms with van der Waals surface area (Å²) in [5, 5.41) is 10.6. The molecular formula is C9H20N3O3P. The average Bonchev–Trinajstić information content (AvgIpc) is 2.16. The third-order valence-corrected chi connectivity index (χ3v) is 2.18. The molecule has 0 aromatic carbocycles. The van der Waals surface area contributed by atoms with Gasteiger partial charge in [-0.3, -0.25) is 10.3 Å². The number of nitrogens with two attached hydrogens (primary N) is 1. The van der Waals surface area contributed by atoms with Crippen molar-refractivity contribution in [3.8, 4) is 6.07 Å². The molecule has 0 aliphatic heterocycles. The summed E-state index contributed by atoms with van der Waals surface area (Å²) >= 11 is 0. The van der Waals surface area contributed by atoms with Crippen LogP contribution in [0.5, 0.6) is 0 Å². The molecule has 0 spiro atoms. The minimum Gasteiger partial charge on any atom is -0.338 e. The molecular weight excluding hydrogens is 229 g/mol. The van der Waals surface area contributed by atoms with Gasteiger partial charge in [0.1, 0.15) is 0 Å². The van der Waals surface area contributed by atoms with Gasteiger partial charge in [0.05, 0.1) is 12.7 Å². The van der Waals surface area contributed by atoms with Gasteiger partial charge in [-0.25, -0.2) is 0 Å². The Morgan fingerprint density at radius 3 is 2.19 bits per heavy atom. The maximum Gasteiger partial charge on any atom is 0.250 e. The third-order valence-electron chi connectivity index (χ3n) is 1.77. The zero-order valence-electron chi connectivity index (χ0n) is 10.1. The van der Waals surface area contributed by atoms with E-state index in [1.165, 1.54) is 0 Å². The van der Waals surface area contributed by atoms with Crippen molar-refractivity contribution >= 4 is 8.53 Å². The summed E-state index contributed by atoms with van der Waals surface area (Å²) in [4.78, 5) is 14.3. The lowest BCUT2D eigenvalue weighted by molar-refractivity contribution is -0.223. The number of hydroxylamine groups is 2. The molecule has 2 atom stereocenters. The summed E-state index contributed by atoms with van der Waals surface area (Å²) in [6.45, 7) is 7.84. The highest BCUT2D eigenvalue weighted by Gasteiger charge is 2.20. The fourth-order valence-corrected chi connectivity index (χ4v) is 1.51. The molecule has 0 heterocycles. The molecule has 0 fully saturated rings. The molecule has 0 radical (unpaired) electrons. The molecule has 0 aromatic heterocycles. The molecule has 0 aromatic rings. The quantitative estimate of drug-likeness (QED) is 0.519. The summed E-state index contributed by atoms with van der Waals surface area (Å²) in [7, 11) is -1.94. The second-order valence-electron chi connectivity index (χ2n) is 3.87. The largest absolute Gasteiger partial charge is 0.338 e. The van der Waals surface area contributed by atoms with Crippen molar-refractivity contribution in [3.05, 3.63) is 0 Å². The van der Waals surface area contributed by atoms with Gasteiger partial charge in [-0.05, 0) is 27.7 Å². The second kappa shape index (κ2) is 7.91. The fourth-order valence-electron chi connectivity index (χ4n) is 1.22. The fraction of sp³-hybridized carbons (Fsp3) is 0.889. The van der Waals surface area contributed by atoms with Crippen LogP contribution in [0.25, 0.3) is 0 Å². The van der Waals surface area contributed by atoms with E-state index >= 15 is 0 Å². The summed E-state index contributed by atoms with van der Waals surface area (Å²) in [6.07, 6.45) is -0.759. The van der Waals surface area contributed by atoms with Crippen LogP contribution in [0, 0.1) is 11.3 Å². The van der Waals surface area contributed by atoms with E-state index in [9.17, 15) is 0 Å². The molecule has 16 heavy (non-hydrogen) atoms. The van der Waals surface area contributed by atoms with E-state index < -0.39 is 14.6 Å². The van der Waals surface area contributed by atoms with Gasteiger partial charge >= 0.3 is 0 Å². The van der Waals surface area contributed by atoms with Crippen LogP contribution in [0.1, 0.15) is 27.7 Å². The molecule has 2 unspecified atom stereocenters. The first kappa shape index (κ1) is 15.7. The lowest BCUT2D eigenvalue weighted by Crippen LogP contribution is -2.41. The number of rotatable bonds is 7. The van der Waals surface area contributed by atoms with Crippen molar-refractivity contribution in [2.24, 2.45) is 5.50 Å². The Morgan fingerprint density at radius 1 is 1.38 bits per heavy atom. The molecule has 3 N–H and O–H groups in total. The van der Waals surface area contributed by atoms with Crippen LogP contribution in [-0.4, -0.2) is 34.8 Å². The van der Waals surface area contributed by atoms with E-state index in [2.05, 4.69) is 0 Å². The summed E-state index contributed by atoms with van der Waals surface area (Å²) in [5.74, 6) is 0. The molecule has 0 aliphatic rings. The number of hydrogen-bond acceptors (Lipinski definition) is 6. The van der Waals surface area contributed by atoms with Crippen molar-refractivity contribution in [2.75, 3.05) is 6.61 Å². The Bertz CT molecular complexity index is 223. The minimum atomic E-state index is -1.94. The third kappa shape index (κ3) is 6.33. The molecule has 7 heteroatoms. The first-order valence-electron chi connectivity index (χ1n) is 5.09. The highest BCUT2D eigenvalue weighted by molar-refractivity contribution is 7.43. The maximum absolute atomic E-state index is 8.85. The molecule has 0 aliphatic carbocycles. The van der Waals surface area contributed by atoms with Crippen LogP contribution in [-0.2, 0) is 9.36 Å². The highest BCUT2D eigenvalue weighted by atomic mass is 31.2. The SMILES string of the molecule is CC(C)N(OC(C#N)COP(N)O)C(C)C. The van der Waals surface area contributed by atoms with Crippen molar-refractivity contribution in [2.45, 2.75) is 45.9 Å². The summed E-state index contributed by atoms with van der Waals surface area (Å²) in [6, 6.07) is 2.27. The Labute approximate surface area is 97.9 Å². The lowest BCUT2D eigenvalue weighted by atomic mass is 10.3. The Kier molecular flexibility index (Phi) is 7.77. The van der Waals surface area contributed by atoms with Gasteiger partial charge < -0.3 is 9.42 Å². The van der Waals surface area contributed by atoms with Crippen molar-refractivity contribution in [1.82, 2.24) is 5.06 Å². The van der Waals surface area contributed by atoms with Gasteiger partial charge in [-0.1, -0.05) is 0 Å². The van der Waals surface area contributed by atoms with E-state index in [0.717, 1.165) is 0 Å². The number of nitriles is 1. The van der Waals surface area contributed by atoms with E-state index in [-0.39, 0.29) is 18.7 Å². The van der Waals surface area contributed by atoms with Crippen LogP contribution in [0.2, 0.25) is 0 Å². The van der Waals surface area contributed by atoms with Crippen molar-refractivity contribution < 1.29 is 14.3 Å². The standard InChI is InChI=1S/C9H20N3O3P/c1-7(2)12(8(3)4)15-9(5-10)6-14-16(11)13/h7-9,13H,6,11H2,1-4H3. The van der Waals surface area contributed by atoms with Crippen LogP contribution < -0.4 is 5.50 Å². The van der Waals surface area contributed by atoms with Crippen LogP contribution in [0.15, 0.2) is 0 Å². The van der Waals surface area contributed by atoms with Gasteiger partial charge in [0, 0.05) is 12.1 Å². The molecule has 6 nitrogen and oxygen atoms in total. The van der Waals surface area contributed by atoms with E-state index in [4.69, 9.17) is 25.0 Å². The topological polar surface area (TPSA) is 91.7 Å². The molecule has 0 rings (SSSR count). The van der Waals surface area contributed by atoms with E-state index in [1.54, 1.807) is 5.06 Å². The summed E-state index contributed by atoms with van der Waals surface area (Å²) in [5.41, 5.74) is 5.07. The van der Waals surface area contributed by atoms with Crippen LogP contribution in [0.4, 0.5) is 0 Å². The van der Waals surface area contributed by atoms with Gasteiger partial charge in [0.25, 0.3) is 0 Å². The minimum absolute atomic E-state index is 0.0366. The second-order valence-corrected chi connectivity index (χ2v) is 4.73. The molecule has 0 amide bonds. The predicted octanol–water partition coefficient (Wildman–Crippen LogP) is 1.12. The van der Waals surface area contributed by atoms with Crippen LogP contribution >= 0.6 is 8.53 Å². The van der Waals surface area contributed by atoms with Gasteiger partial charge in [-0.15, -0.1) is 0 Å². The maximum atomic E-state index is 8.85. The summed E-state index contributed by atoms with van der Waals surface area (Å²) < 4.78 is 4.78. The van der Waals surface area contributed by atoms with E-state index in [0.29, 0.717) is 0 Å². The highest BCUT2D eigenvalue weighted by Crippen LogP contribution is 2.20. The molecule has 0 saturated heterocycles. The zero-order chi connectivity index (χ0) is 12.7. The predicted molar refractivity (Wildman–Crippen MR) is 61.9 cm³/mol. The Balaban J connectivity index is 4.23.